The molecule has 1 aliphatic carbocycles. The largest absolute Gasteiger partial charge is 0.352 e. The van der Waals surface area contributed by atoms with Gasteiger partial charge in [-0.2, -0.15) is 0 Å². The zero-order valence-corrected chi connectivity index (χ0v) is 15.5. The Morgan fingerprint density at radius 3 is 2.54 bits per heavy atom. The monoisotopic (exact) mass is 403 g/mol. The van der Waals surface area contributed by atoms with E-state index in [4.69, 9.17) is 11.6 Å². The molecule has 26 heavy (non-hydrogen) atoms. The van der Waals surface area contributed by atoms with Gasteiger partial charge in [0.2, 0.25) is 5.91 Å². The summed E-state index contributed by atoms with van der Waals surface area (Å²) in [6.45, 7) is 0. The minimum atomic E-state index is -3.32. The Kier molecular flexibility index (Phi) is 6.19. The first kappa shape index (κ1) is 20.1. The Bertz CT molecular complexity index is 838. The van der Waals surface area contributed by atoms with Crippen molar-refractivity contribution in [3.63, 3.8) is 0 Å². The van der Waals surface area contributed by atoms with Gasteiger partial charge in [0.25, 0.3) is 11.6 Å². The lowest BCUT2D eigenvalue weighted by Gasteiger charge is -2.18. The number of hydrogen-bond donors (Lipinski definition) is 2. The molecule has 2 amide bonds. The number of nitrogens with zero attached hydrogens (tertiary/aromatic N) is 1. The Morgan fingerprint density at radius 2 is 2.04 bits per heavy atom. The van der Waals surface area contributed by atoms with Crippen LogP contribution in [0.5, 0.6) is 0 Å². The number of sulfone groups is 1. The van der Waals surface area contributed by atoms with Crippen molar-refractivity contribution in [3.05, 3.63) is 38.9 Å². The Morgan fingerprint density at radius 1 is 1.38 bits per heavy atom. The van der Waals surface area contributed by atoms with Crippen LogP contribution in [0, 0.1) is 10.1 Å². The lowest BCUT2D eigenvalue weighted by Crippen LogP contribution is -2.48. The second kappa shape index (κ2) is 8.00. The molecule has 0 unspecified atom stereocenters. The smallest absolute Gasteiger partial charge is 0.270 e. The molecule has 1 aromatic rings. The predicted octanol–water partition coefficient (Wildman–Crippen LogP) is 1.06. The van der Waals surface area contributed by atoms with Crippen molar-refractivity contribution in [1.82, 2.24) is 10.6 Å². The van der Waals surface area contributed by atoms with Crippen molar-refractivity contribution in [2.45, 2.75) is 31.3 Å². The van der Waals surface area contributed by atoms with Crippen LogP contribution in [0.1, 0.15) is 29.6 Å². The number of benzene rings is 1. The van der Waals surface area contributed by atoms with E-state index in [-0.39, 0.29) is 34.5 Å². The summed E-state index contributed by atoms with van der Waals surface area (Å²) in [7, 11) is -3.32. The quantitative estimate of drug-likeness (QED) is 0.492. The number of nitro benzene ring substituents is 1. The summed E-state index contributed by atoms with van der Waals surface area (Å²) in [6, 6.07) is 2.33. The van der Waals surface area contributed by atoms with Crippen LogP contribution in [-0.2, 0) is 14.6 Å². The number of nitro groups is 1. The third-order valence-electron chi connectivity index (χ3n) is 3.73. The van der Waals surface area contributed by atoms with Crippen molar-refractivity contribution in [2.75, 3.05) is 12.0 Å². The summed E-state index contributed by atoms with van der Waals surface area (Å²) in [6.07, 6.45) is 2.63. The van der Waals surface area contributed by atoms with Gasteiger partial charge in [-0.1, -0.05) is 11.6 Å². The average Bonchev–Trinajstić information content (AvgIpc) is 3.33. The van der Waals surface area contributed by atoms with Gasteiger partial charge in [0.1, 0.15) is 15.9 Å². The fourth-order valence-electron chi connectivity index (χ4n) is 2.17. The van der Waals surface area contributed by atoms with Crippen molar-refractivity contribution >= 4 is 38.9 Å². The molecule has 1 atom stereocenters. The molecule has 142 valence electrons. The molecular weight excluding hydrogens is 386 g/mol. The van der Waals surface area contributed by atoms with Crippen molar-refractivity contribution < 1.29 is 22.9 Å². The maximum atomic E-state index is 12.4. The minimum absolute atomic E-state index is 0.0409. The van der Waals surface area contributed by atoms with Crippen LogP contribution in [0.25, 0.3) is 0 Å². The van der Waals surface area contributed by atoms with Gasteiger partial charge in [-0.25, -0.2) is 8.42 Å². The first-order valence-corrected chi connectivity index (χ1v) is 10.2. The van der Waals surface area contributed by atoms with E-state index in [1.807, 2.05) is 0 Å². The number of halogens is 1. The van der Waals surface area contributed by atoms with Crippen LogP contribution in [-0.4, -0.2) is 49.2 Å². The van der Waals surface area contributed by atoms with Crippen molar-refractivity contribution in [1.29, 1.82) is 0 Å². The van der Waals surface area contributed by atoms with Crippen molar-refractivity contribution in [2.24, 2.45) is 0 Å². The van der Waals surface area contributed by atoms with E-state index in [0.717, 1.165) is 31.2 Å². The zero-order chi connectivity index (χ0) is 19.5. The molecule has 0 heterocycles. The summed E-state index contributed by atoms with van der Waals surface area (Å²) in [4.78, 5) is 34.7. The maximum Gasteiger partial charge on any atom is 0.270 e. The third-order valence-corrected chi connectivity index (χ3v) is 5.02. The van der Waals surface area contributed by atoms with Crippen molar-refractivity contribution in [3.8, 4) is 0 Å². The summed E-state index contributed by atoms with van der Waals surface area (Å²) in [5.41, 5.74) is -0.313. The fraction of sp³-hybridized carbons (Fsp3) is 0.467. The third kappa shape index (κ3) is 5.95. The second-order valence-electron chi connectivity index (χ2n) is 6.15. The standard InChI is InChI=1S/C15H18ClN3O6S/c1-26(24,25)7-6-13(15(21)17-9-2-3-9)18-14(20)11-5-4-10(19(22)23)8-12(11)16/h4-5,8-9,13H,2-3,6-7H2,1H3,(H,17,21)(H,18,20)/t13-/m0/s1. The summed E-state index contributed by atoms with van der Waals surface area (Å²) in [5.74, 6) is -1.46. The number of rotatable bonds is 8. The number of hydrogen-bond acceptors (Lipinski definition) is 6. The van der Waals surface area contributed by atoms with Crippen LogP contribution in [0.15, 0.2) is 18.2 Å². The number of non-ortho nitro benzene ring substituents is 1. The van der Waals surface area contributed by atoms with E-state index >= 15 is 0 Å². The first-order valence-electron chi connectivity index (χ1n) is 7.80. The highest BCUT2D eigenvalue weighted by Gasteiger charge is 2.29. The van der Waals surface area contributed by atoms with Gasteiger partial charge in [-0.05, 0) is 25.3 Å². The van der Waals surface area contributed by atoms with Gasteiger partial charge >= 0.3 is 0 Å². The van der Waals surface area contributed by atoms with Crippen LogP contribution in [0.3, 0.4) is 0 Å². The fourth-order valence-corrected chi connectivity index (χ4v) is 3.09. The van der Waals surface area contributed by atoms with Gasteiger partial charge in [-0.15, -0.1) is 0 Å². The predicted molar refractivity (Wildman–Crippen MR) is 94.9 cm³/mol. The molecule has 2 rings (SSSR count). The highest BCUT2D eigenvalue weighted by atomic mass is 35.5. The molecule has 0 aromatic heterocycles. The zero-order valence-electron chi connectivity index (χ0n) is 13.9. The normalized spacial score (nSPS) is 15.2. The molecule has 0 bridgehead atoms. The van der Waals surface area contributed by atoms with Gasteiger partial charge < -0.3 is 10.6 Å². The van der Waals surface area contributed by atoms with E-state index in [2.05, 4.69) is 10.6 Å². The molecular formula is C15H18ClN3O6S. The molecule has 11 heteroatoms. The number of carbonyl (C=O) groups excluding carboxylic acids is 2. The maximum absolute atomic E-state index is 12.4. The van der Waals surface area contributed by atoms with E-state index < -0.39 is 32.6 Å². The Hall–Kier alpha value is -2.20. The van der Waals surface area contributed by atoms with Crippen LogP contribution in [0.4, 0.5) is 5.69 Å². The minimum Gasteiger partial charge on any atom is -0.352 e. The molecule has 0 spiro atoms. The van der Waals surface area contributed by atoms with E-state index in [1.165, 1.54) is 6.07 Å². The molecule has 2 N–H and O–H groups in total. The number of nitrogens with one attached hydrogen (secondary N) is 2. The highest BCUT2D eigenvalue weighted by molar-refractivity contribution is 7.90. The summed E-state index contributed by atoms with van der Waals surface area (Å²) < 4.78 is 22.7. The van der Waals surface area contributed by atoms with Gasteiger partial charge in [0.05, 0.1) is 21.3 Å². The summed E-state index contributed by atoms with van der Waals surface area (Å²) >= 11 is 5.91. The number of carbonyl (C=O) groups is 2. The Labute approximate surface area is 155 Å². The van der Waals surface area contributed by atoms with Crippen LogP contribution < -0.4 is 10.6 Å². The molecule has 0 radical (unpaired) electrons. The molecule has 0 saturated heterocycles. The van der Waals surface area contributed by atoms with Gasteiger partial charge in [-0.3, -0.25) is 19.7 Å². The molecule has 1 aromatic carbocycles. The lowest BCUT2D eigenvalue weighted by molar-refractivity contribution is -0.384. The molecule has 9 nitrogen and oxygen atoms in total. The topological polar surface area (TPSA) is 135 Å². The molecule has 1 aliphatic rings. The SMILES string of the molecule is CS(=O)(=O)CC[C@H](NC(=O)c1ccc([N+](=O)[O-])cc1Cl)C(=O)NC1CC1. The summed E-state index contributed by atoms with van der Waals surface area (Å²) in [5, 5.41) is 15.8. The second-order valence-corrected chi connectivity index (χ2v) is 8.82. The first-order chi connectivity index (χ1) is 12.1. The molecule has 1 fully saturated rings. The molecule has 0 aliphatic heterocycles. The number of amides is 2. The van der Waals surface area contributed by atoms with E-state index in [0.29, 0.717) is 0 Å². The van der Waals surface area contributed by atoms with Crippen LogP contribution >= 0.6 is 11.6 Å². The lowest BCUT2D eigenvalue weighted by atomic mass is 10.1. The van der Waals surface area contributed by atoms with Gasteiger partial charge in [0, 0.05) is 24.4 Å². The molecule has 1 saturated carbocycles. The highest BCUT2D eigenvalue weighted by Crippen LogP contribution is 2.23. The van der Waals surface area contributed by atoms with E-state index in [9.17, 15) is 28.1 Å². The Balaban J connectivity index is 2.13. The van der Waals surface area contributed by atoms with Gasteiger partial charge in [0.15, 0.2) is 0 Å². The average molecular weight is 404 g/mol. The van der Waals surface area contributed by atoms with Crippen LogP contribution in [0.2, 0.25) is 5.02 Å². The van der Waals surface area contributed by atoms with E-state index in [1.54, 1.807) is 0 Å².